The minimum Gasteiger partial charge on any atom is -0.357 e. The molecule has 0 aromatic heterocycles. The molecule has 1 N–H and O–H groups in total. The second-order valence-corrected chi connectivity index (χ2v) is 12.9. The van der Waals surface area contributed by atoms with Crippen LogP contribution in [0.2, 0.25) is 10.0 Å². The van der Waals surface area contributed by atoms with Gasteiger partial charge in [-0.1, -0.05) is 89.4 Å². The number of nitrogens with one attached hydrogen (secondary N) is 1. The van der Waals surface area contributed by atoms with Crippen molar-refractivity contribution >= 4 is 50.7 Å². The van der Waals surface area contributed by atoms with Crippen molar-refractivity contribution in [2.45, 2.75) is 37.8 Å². The topological polar surface area (TPSA) is 86.8 Å². The summed E-state index contributed by atoms with van der Waals surface area (Å²) in [5.74, 6) is -0.964. The zero-order valence-corrected chi connectivity index (χ0v) is 26.5. The molecule has 0 heterocycles. The van der Waals surface area contributed by atoms with Crippen molar-refractivity contribution in [3.8, 4) is 0 Å². The molecule has 0 aliphatic heterocycles. The average molecular weight is 639 g/mol. The van der Waals surface area contributed by atoms with Gasteiger partial charge < -0.3 is 10.2 Å². The number of rotatable bonds is 11. The summed E-state index contributed by atoms with van der Waals surface area (Å²) in [6, 6.07) is 26.7. The van der Waals surface area contributed by atoms with Gasteiger partial charge >= 0.3 is 0 Å². The Balaban J connectivity index is 1.82. The Hall–Kier alpha value is -3.85. The van der Waals surface area contributed by atoms with Gasteiger partial charge in [-0.25, -0.2) is 8.42 Å². The highest BCUT2D eigenvalue weighted by Gasteiger charge is 2.35. The van der Waals surface area contributed by atoms with Crippen LogP contribution < -0.4 is 9.62 Å². The number of carbonyl (C=O) groups excluding carboxylic acids is 2. The molecule has 0 radical (unpaired) electrons. The number of likely N-dealkylation sites (N-methyl/N-ethyl adjacent to an activating group) is 1. The van der Waals surface area contributed by atoms with Crippen LogP contribution >= 0.6 is 23.2 Å². The molecule has 0 aliphatic carbocycles. The van der Waals surface area contributed by atoms with Crippen molar-refractivity contribution in [3.63, 3.8) is 0 Å². The zero-order chi connectivity index (χ0) is 31.1. The van der Waals surface area contributed by atoms with E-state index in [0.29, 0.717) is 26.9 Å². The van der Waals surface area contributed by atoms with Crippen LogP contribution in [0.5, 0.6) is 0 Å². The molecule has 10 heteroatoms. The van der Waals surface area contributed by atoms with E-state index in [2.05, 4.69) is 5.32 Å². The molecule has 0 aliphatic rings. The van der Waals surface area contributed by atoms with Gasteiger partial charge in [0.25, 0.3) is 10.0 Å². The predicted molar refractivity (Wildman–Crippen MR) is 172 cm³/mol. The largest absolute Gasteiger partial charge is 0.357 e. The van der Waals surface area contributed by atoms with Gasteiger partial charge in [-0.2, -0.15) is 0 Å². The number of hydrogen-bond acceptors (Lipinski definition) is 4. The maximum absolute atomic E-state index is 14.4. The smallest absolute Gasteiger partial charge is 0.264 e. The lowest BCUT2D eigenvalue weighted by Crippen LogP contribution is -2.53. The van der Waals surface area contributed by atoms with Crippen molar-refractivity contribution in [2.75, 3.05) is 17.9 Å². The average Bonchev–Trinajstić information content (AvgIpc) is 2.99. The molecule has 4 aromatic rings. The molecule has 0 bridgehead atoms. The van der Waals surface area contributed by atoms with Crippen LogP contribution in [0.15, 0.2) is 102 Å². The lowest BCUT2D eigenvalue weighted by atomic mass is 10.0. The van der Waals surface area contributed by atoms with E-state index in [1.807, 2.05) is 37.3 Å². The summed E-state index contributed by atoms with van der Waals surface area (Å²) in [6.45, 7) is 3.01. The van der Waals surface area contributed by atoms with E-state index >= 15 is 0 Å². The third-order valence-electron chi connectivity index (χ3n) is 7.13. The number of carbonyl (C=O) groups is 2. The van der Waals surface area contributed by atoms with Crippen molar-refractivity contribution < 1.29 is 18.0 Å². The first-order chi connectivity index (χ1) is 20.5. The first kappa shape index (κ1) is 32.1. The van der Waals surface area contributed by atoms with Crippen molar-refractivity contribution in [1.82, 2.24) is 10.2 Å². The number of benzene rings is 4. The Morgan fingerprint density at radius 1 is 0.860 bits per heavy atom. The molecule has 4 aromatic carbocycles. The summed E-state index contributed by atoms with van der Waals surface area (Å²) in [7, 11) is -2.71. The third-order valence-corrected chi connectivity index (χ3v) is 9.51. The lowest BCUT2D eigenvalue weighted by Gasteiger charge is -2.34. The highest BCUT2D eigenvalue weighted by molar-refractivity contribution is 7.92. The van der Waals surface area contributed by atoms with Crippen molar-refractivity contribution in [3.05, 3.63) is 129 Å². The maximum atomic E-state index is 14.4. The van der Waals surface area contributed by atoms with Gasteiger partial charge in [-0.05, 0) is 66.9 Å². The number of nitrogens with zero attached hydrogens (tertiary/aromatic N) is 2. The van der Waals surface area contributed by atoms with Crippen LogP contribution in [0.3, 0.4) is 0 Å². The molecule has 0 fully saturated rings. The summed E-state index contributed by atoms with van der Waals surface area (Å²) in [6.07, 6.45) is 0.210. The van der Waals surface area contributed by atoms with E-state index in [-0.39, 0.29) is 23.8 Å². The second-order valence-electron chi connectivity index (χ2n) is 10.2. The molecule has 0 saturated heterocycles. The number of sulfonamides is 1. The van der Waals surface area contributed by atoms with Gasteiger partial charge in [0.2, 0.25) is 11.8 Å². The monoisotopic (exact) mass is 637 g/mol. The van der Waals surface area contributed by atoms with E-state index in [1.54, 1.807) is 61.5 Å². The van der Waals surface area contributed by atoms with Gasteiger partial charge in [-0.15, -0.1) is 0 Å². The Labute approximate surface area is 263 Å². The molecule has 4 rings (SSSR count). The number of amides is 2. The molecular formula is C33H33Cl2N3O4S. The molecule has 224 valence electrons. The first-order valence-electron chi connectivity index (χ1n) is 13.6. The molecular weight excluding hydrogens is 605 g/mol. The Morgan fingerprint density at radius 3 is 2.14 bits per heavy atom. The molecule has 1 atom stereocenters. The number of anilines is 1. The Morgan fingerprint density at radius 2 is 1.51 bits per heavy atom. The molecule has 0 unspecified atom stereocenters. The second kappa shape index (κ2) is 14.1. The summed E-state index contributed by atoms with van der Waals surface area (Å²) >= 11 is 12.7. The third kappa shape index (κ3) is 7.76. The fourth-order valence-corrected chi connectivity index (χ4v) is 6.68. The fourth-order valence-electron chi connectivity index (χ4n) is 4.78. The Kier molecular flexibility index (Phi) is 10.5. The predicted octanol–water partition coefficient (Wildman–Crippen LogP) is 6.19. The zero-order valence-electron chi connectivity index (χ0n) is 24.1. The first-order valence-corrected chi connectivity index (χ1v) is 15.8. The highest BCUT2D eigenvalue weighted by atomic mass is 35.5. The van der Waals surface area contributed by atoms with Gasteiger partial charge in [0.1, 0.15) is 12.6 Å². The summed E-state index contributed by atoms with van der Waals surface area (Å²) in [5, 5.41) is 3.53. The molecule has 0 spiro atoms. The van der Waals surface area contributed by atoms with Crippen LogP contribution in [-0.4, -0.2) is 44.8 Å². The van der Waals surface area contributed by atoms with Crippen molar-refractivity contribution in [2.24, 2.45) is 0 Å². The van der Waals surface area contributed by atoms with Crippen LogP contribution in [0.25, 0.3) is 0 Å². The summed E-state index contributed by atoms with van der Waals surface area (Å²) in [5.41, 5.74) is 3.22. The van der Waals surface area contributed by atoms with Crippen molar-refractivity contribution in [1.29, 1.82) is 0 Å². The minimum absolute atomic E-state index is 0.0125. The maximum Gasteiger partial charge on any atom is 0.264 e. The number of halogens is 2. The van der Waals surface area contributed by atoms with Gasteiger partial charge in [-0.3, -0.25) is 13.9 Å². The van der Waals surface area contributed by atoms with Crippen LogP contribution in [0.4, 0.5) is 5.69 Å². The van der Waals surface area contributed by atoms with Gasteiger partial charge in [0.15, 0.2) is 0 Å². The molecule has 0 saturated carbocycles. The Bertz CT molecular complexity index is 1700. The lowest BCUT2D eigenvalue weighted by molar-refractivity contribution is -0.139. The minimum atomic E-state index is -4.21. The van der Waals surface area contributed by atoms with Gasteiger partial charge in [0, 0.05) is 30.1 Å². The summed E-state index contributed by atoms with van der Waals surface area (Å²) in [4.78, 5) is 29.2. The number of aryl methyl sites for hydroxylation is 2. The van der Waals surface area contributed by atoms with Gasteiger partial charge in [0.05, 0.1) is 10.6 Å². The molecule has 2 amide bonds. The summed E-state index contributed by atoms with van der Waals surface area (Å²) < 4.78 is 29.3. The fraction of sp³-hybridized carbons (Fsp3) is 0.212. The highest BCUT2D eigenvalue weighted by Crippen LogP contribution is 2.30. The van der Waals surface area contributed by atoms with Crippen LogP contribution in [0.1, 0.15) is 22.3 Å². The van der Waals surface area contributed by atoms with E-state index < -0.39 is 28.5 Å². The molecule has 7 nitrogen and oxygen atoms in total. The quantitative estimate of drug-likeness (QED) is 0.212. The standard InChI is InChI=1S/C33H33Cl2N3O4S/c1-23-13-16-28(17-14-23)43(41,42)38(30-18-15-27(34)19-24(30)2)22-32(39)37(21-26-11-7-8-12-29(26)35)31(33(40)36-3)20-25-9-5-4-6-10-25/h4-19,31H,20-22H2,1-3H3,(H,36,40)/t31-/m1/s1. The normalized spacial score (nSPS) is 11.9. The van der Waals surface area contributed by atoms with E-state index in [1.165, 1.54) is 24.1 Å². The van der Waals surface area contributed by atoms with E-state index in [4.69, 9.17) is 23.2 Å². The van der Waals surface area contributed by atoms with Crippen LogP contribution in [-0.2, 0) is 32.6 Å². The number of hydrogen-bond donors (Lipinski definition) is 1. The molecule has 43 heavy (non-hydrogen) atoms. The van der Waals surface area contributed by atoms with Crippen LogP contribution in [0, 0.1) is 13.8 Å². The SMILES string of the molecule is CNC(=O)[C@@H](Cc1ccccc1)N(Cc1ccccc1Cl)C(=O)CN(c1ccc(Cl)cc1C)S(=O)(=O)c1ccc(C)cc1. The van der Waals surface area contributed by atoms with E-state index in [9.17, 15) is 18.0 Å². The van der Waals surface area contributed by atoms with E-state index in [0.717, 1.165) is 15.4 Å².